The molecule has 2 nitrogen and oxygen atoms in total. The Hall–Kier alpha value is -0.860. The van der Waals surface area contributed by atoms with Gasteiger partial charge in [0.1, 0.15) is 0 Å². The molecule has 0 N–H and O–H groups in total. The van der Waals surface area contributed by atoms with E-state index in [1.54, 1.807) is 4.68 Å². The van der Waals surface area contributed by atoms with E-state index in [-0.39, 0.29) is 11.7 Å². The fourth-order valence-electron chi connectivity index (χ4n) is 1.44. The normalized spacial score (nSPS) is 11.6. The summed E-state index contributed by atoms with van der Waals surface area (Å²) in [7, 11) is 0. The zero-order valence-corrected chi connectivity index (χ0v) is 8.71. The average molecular weight is 184 g/mol. The number of rotatable bonds is 3. The quantitative estimate of drug-likeness (QED) is 0.706. The molecule has 0 aliphatic carbocycles. The first kappa shape index (κ1) is 10.2. The second-order valence-electron chi connectivity index (χ2n) is 4.11. The highest BCUT2D eigenvalue weighted by Gasteiger charge is 2.14. The molecule has 1 aromatic heterocycles. The minimum absolute atomic E-state index is 0.185. The molecule has 0 unspecified atom stereocenters. The van der Waals surface area contributed by atoms with Gasteiger partial charge in [-0.1, -0.05) is 27.7 Å². The Bertz CT molecular complexity index is 276. The molecule has 74 valence electrons. The number of hydrogen-bond acceptors (Lipinski definition) is 1. The Morgan fingerprint density at radius 2 is 2.00 bits per heavy atom. The van der Waals surface area contributed by atoms with Crippen molar-refractivity contribution in [2.24, 2.45) is 5.92 Å². The van der Waals surface area contributed by atoms with Gasteiger partial charge < -0.3 is 0 Å². The molecule has 3 heteroatoms. The zero-order valence-electron chi connectivity index (χ0n) is 8.71. The van der Waals surface area contributed by atoms with E-state index in [0.717, 1.165) is 6.54 Å². The first-order valence-corrected chi connectivity index (χ1v) is 4.73. The molecule has 0 aliphatic rings. The van der Waals surface area contributed by atoms with Crippen LogP contribution in [-0.2, 0) is 6.54 Å². The summed E-state index contributed by atoms with van der Waals surface area (Å²) in [5.41, 5.74) is 0.716. The maximum absolute atomic E-state index is 13.2. The van der Waals surface area contributed by atoms with E-state index < -0.39 is 0 Å². The molecular weight excluding hydrogens is 167 g/mol. The fraction of sp³-hybridized carbons (Fsp3) is 0.700. The molecule has 0 aliphatic heterocycles. The molecule has 1 heterocycles. The van der Waals surface area contributed by atoms with E-state index in [0.29, 0.717) is 11.6 Å². The topological polar surface area (TPSA) is 17.8 Å². The maximum Gasteiger partial charge on any atom is 0.164 e. The molecule has 0 saturated heterocycles. The van der Waals surface area contributed by atoms with Gasteiger partial charge in [0.15, 0.2) is 5.82 Å². The minimum atomic E-state index is -0.185. The lowest BCUT2D eigenvalue weighted by atomic mass is 10.1. The van der Waals surface area contributed by atoms with Crippen LogP contribution in [-0.4, -0.2) is 9.78 Å². The lowest BCUT2D eigenvalue weighted by Crippen LogP contribution is -2.11. The molecule has 0 aromatic carbocycles. The van der Waals surface area contributed by atoms with Crippen molar-refractivity contribution < 1.29 is 4.39 Å². The molecule has 1 rings (SSSR count). The van der Waals surface area contributed by atoms with Gasteiger partial charge in [0.2, 0.25) is 0 Å². The van der Waals surface area contributed by atoms with Crippen LogP contribution in [0, 0.1) is 11.7 Å². The number of nitrogens with zero attached hydrogens (tertiary/aromatic N) is 2. The van der Waals surface area contributed by atoms with Crippen molar-refractivity contribution in [1.29, 1.82) is 0 Å². The van der Waals surface area contributed by atoms with Crippen molar-refractivity contribution in [3.8, 4) is 0 Å². The Morgan fingerprint density at radius 3 is 2.46 bits per heavy atom. The smallest absolute Gasteiger partial charge is 0.164 e. The Labute approximate surface area is 78.8 Å². The van der Waals surface area contributed by atoms with Gasteiger partial charge in [0, 0.05) is 6.54 Å². The number of hydrogen-bond donors (Lipinski definition) is 0. The molecule has 13 heavy (non-hydrogen) atoms. The SMILES string of the molecule is CC(C)Cn1ncc(F)c1C(C)C. The molecule has 0 bridgehead atoms. The van der Waals surface area contributed by atoms with Crippen LogP contribution in [0.25, 0.3) is 0 Å². The summed E-state index contributed by atoms with van der Waals surface area (Å²) in [6.45, 7) is 8.96. The van der Waals surface area contributed by atoms with E-state index in [4.69, 9.17) is 0 Å². The van der Waals surface area contributed by atoms with Crippen LogP contribution in [0.2, 0.25) is 0 Å². The van der Waals surface area contributed by atoms with Gasteiger partial charge in [-0.05, 0) is 11.8 Å². The highest BCUT2D eigenvalue weighted by Crippen LogP contribution is 2.18. The average Bonchev–Trinajstić information content (AvgIpc) is 2.30. The number of halogens is 1. The van der Waals surface area contributed by atoms with Gasteiger partial charge in [-0.3, -0.25) is 4.68 Å². The first-order valence-electron chi connectivity index (χ1n) is 4.73. The molecule has 0 saturated carbocycles. The van der Waals surface area contributed by atoms with Gasteiger partial charge in [-0.2, -0.15) is 5.10 Å². The predicted octanol–water partition coefficient (Wildman–Crippen LogP) is 2.80. The second kappa shape index (κ2) is 3.90. The largest absolute Gasteiger partial charge is 0.266 e. The van der Waals surface area contributed by atoms with Crippen molar-refractivity contribution in [2.75, 3.05) is 0 Å². The lowest BCUT2D eigenvalue weighted by molar-refractivity contribution is 0.454. The van der Waals surface area contributed by atoms with Crippen molar-refractivity contribution >= 4 is 0 Å². The summed E-state index contributed by atoms with van der Waals surface area (Å²) in [5, 5.41) is 4.02. The Kier molecular flexibility index (Phi) is 3.07. The summed E-state index contributed by atoms with van der Waals surface area (Å²) in [6, 6.07) is 0. The maximum atomic E-state index is 13.2. The van der Waals surface area contributed by atoms with Gasteiger partial charge >= 0.3 is 0 Å². The molecule has 1 aromatic rings. The summed E-state index contributed by atoms with van der Waals surface area (Å²) < 4.78 is 15.0. The summed E-state index contributed by atoms with van der Waals surface area (Å²) in [4.78, 5) is 0. The lowest BCUT2D eigenvalue weighted by Gasteiger charge is -2.11. The van der Waals surface area contributed by atoms with Crippen LogP contribution < -0.4 is 0 Å². The van der Waals surface area contributed by atoms with Crippen LogP contribution in [0.1, 0.15) is 39.3 Å². The van der Waals surface area contributed by atoms with E-state index in [2.05, 4.69) is 18.9 Å². The molecule has 0 radical (unpaired) electrons. The van der Waals surface area contributed by atoms with E-state index in [1.165, 1.54) is 6.20 Å². The van der Waals surface area contributed by atoms with E-state index >= 15 is 0 Å². The molecule has 0 amide bonds. The molecule has 0 fully saturated rings. The Balaban J connectivity index is 2.94. The second-order valence-corrected chi connectivity index (χ2v) is 4.11. The first-order chi connectivity index (χ1) is 6.02. The standard InChI is InChI=1S/C10H17FN2/c1-7(2)6-13-10(8(3)4)9(11)5-12-13/h5,7-8H,6H2,1-4H3. The monoisotopic (exact) mass is 184 g/mol. The predicted molar refractivity (Wildman–Crippen MR) is 51.1 cm³/mol. The van der Waals surface area contributed by atoms with Crippen LogP contribution in [0.3, 0.4) is 0 Å². The summed E-state index contributed by atoms with van der Waals surface area (Å²) in [6.07, 6.45) is 1.30. The van der Waals surface area contributed by atoms with Gasteiger partial charge in [-0.15, -0.1) is 0 Å². The van der Waals surface area contributed by atoms with Crippen molar-refractivity contribution in [3.63, 3.8) is 0 Å². The van der Waals surface area contributed by atoms with Crippen molar-refractivity contribution in [3.05, 3.63) is 17.7 Å². The van der Waals surface area contributed by atoms with Crippen LogP contribution in [0.15, 0.2) is 6.20 Å². The highest BCUT2D eigenvalue weighted by molar-refractivity contribution is 5.08. The highest BCUT2D eigenvalue weighted by atomic mass is 19.1. The third-order valence-corrected chi connectivity index (χ3v) is 1.92. The molecule has 0 atom stereocenters. The van der Waals surface area contributed by atoms with Crippen molar-refractivity contribution in [2.45, 2.75) is 40.2 Å². The third kappa shape index (κ3) is 2.29. The van der Waals surface area contributed by atoms with Crippen LogP contribution in [0.5, 0.6) is 0 Å². The number of aromatic nitrogens is 2. The summed E-state index contributed by atoms with van der Waals surface area (Å²) >= 11 is 0. The van der Waals surface area contributed by atoms with E-state index in [9.17, 15) is 4.39 Å². The minimum Gasteiger partial charge on any atom is -0.266 e. The van der Waals surface area contributed by atoms with Crippen molar-refractivity contribution in [1.82, 2.24) is 9.78 Å². The third-order valence-electron chi connectivity index (χ3n) is 1.92. The van der Waals surface area contributed by atoms with E-state index in [1.807, 2.05) is 13.8 Å². The van der Waals surface area contributed by atoms with Gasteiger partial charge in [0.25, 0.3) is 0 Å². The van der Waals surface area contributed by atoms with Crippen LogP contribution >= 0.6 is 0 Å². The van der Waals surface area contributed by atoms with Gasteiger partial charge in [-0.25, -0.2) is 4.39 Å². The van der Waals surface area contributed by atoms with Gasteiger partial charge in [0.05, 0.1) is 11.9 Å². The molecule has 0 spiro atoms. The zero-order chi connectivity index (χ0) is 10.0. The van der Waals surface area contributed by atoms with Crippen LogP contribution in [0.4, 0.5) is 4.39 Å². The Morgan fingerprint density at radius 1 is 1.38 bits per heavy atom. The molecular formula is C10H17FN2. The summed E-state index contributed by atoms with van der Waals surface area (Å²) in [5.74, 6) is 0.508. The fourth-order valence-corrected chi connectivity index (χ4v) is 1.44.